The van der Waals surface area contributed by atoms with Crippen LogP contribution in [0.5, 0.6) is 5.88 Å². The molecule has 0 atom stereocenters. The van der Waals surface area contributed by atoms with E-state index >= 15 is 0 Å². The zero-order valence-corrected chi connectivity index (χ0v) is 13.6. The van der Waals surface area contributed by atoms with E-state index in [0.717, 1.165) is 15.4 Å². The Labute approximate surface area is 131 Å². The smallest absolute Gasteiger partial charge is 0.343 e. The van der Waals surface area contributed by atoms with Gasteiger partial charge in [-0.1, -0.05) is 18.6 Å². The molecule has 1 heterocycles. The Morgan fingerprint density at radius 1 is 1.33 bits per heavy atom. The maximum atomic E-state index is 11.8. The van der Waals surface area contributed by atoms with Crippen molar-refractivity contribution in [2.45, 2.75) is 25.2 Å². The number of methoxy groups -OCH3 is 2. The van der Waals surface area contributed by atoms with E-state index in [-0.39, 0.29) is 0 Å². The second-order valence-corrected chi connectivity index (χ2v) is 6.00. The molecule has 0 unspecified atom stereocenters. The lowest BCUT2D eigenvalue weighted by Crippen LogP contribution is -2.10. The maximum Gasteiger partial charge on any atom is 0.343 e. The van der Waals surface area contributed by atoms with Crippen molar-refractivity contribution in [1.82, 2.24) is 4.98 Å². The number of ether oxygens (including phenoxy) is 2. The van der Waals surface area contributed by atoms with Crippen molar-refractivity contribution >= 4 is 32.8 Å². The third-order valence-electron chi connectivity index (χ3n) is 4.06. The predicted octanol–water partition coefficient (Wildman–Crippen LogP) is 4.06. The highest BCUT2D eigenvalue weighted by molar-refractivity contribution is 9.10. The summed E-state index contributed by atoms with van der Waals surface area (Å²) in [7, 11) is 2.85. The van der Waals surface area contributed by atoms with Gasteiger partial charge < -0.3 is 9.47 Å². The van der Waals surface area contributed by atoms with Gasteiger partial charge in [-0.05, 0) is 46.3 Å². The number of nitrogens with zero attached hydrogens (tertiary/aromatic N) is 1. The largest absolute Gasteiger partial charge is 0.480 e. The number of benzene rings is 1. The van der Waals surface area contributed by atoms with Crippen molar-refractivity contribution in [2.75, 3.05) is 14.2 Å². The molecule has 1 aromatic heterocycles. The molecule has 3 rings (SSSR count). The fourth-order valence-corrected chi connectivity index (χ4v) is 3.42. The highest BCUT2D eigenvalue weighted by Gasteiger charge is 2.24. The van der Waals surface area contributed by atoms with Crippen LogP contribution in [-0.2, 0) is 4.74 Å². The number of rotatable bonds is 3. The highest BCUT2D eigenvalue weighted by Crippen LogP contribution is 2.42. The van der Waals surface area contributed by atoms with Gasteiger partial charge in [-0.25, -0.2) is 9.78 Å². The second kappa shape index (κ2) is 5.64. The molecule has 0 radical (unpaired) electrons. The van der Waals surface area contributed by atoms with Gasteiger partial charge in [0.1, 0.15) is 5.56 Å². The van der Waals surface area contributed by atoms with E-state index in [2.05, 4.69) is 27.0 Å². The molecule has 0 amide bonds. The minimum atomic E-state index is -0.444. The topological polar surface area (TPSA) is 48.4 Å². The van der Waals surface area contributed by atoms with Crippen LogP contribution in [0.2, 0.25) is 0 Å². The number of halogens is 1. The van der Waals surface area contributed by atoms with Gasteiger partial charge in [0.2, 0.25) is 5.88 Å². The van der Waals surface area contributed by atoms with E-state index in [0.29, 0.717) is 17.4 Å². The van der Waals surface area contributed by atoms with E-state index in [1.807, 2.05) is 6.07 Å². The fourth-order valence-electron chi connectivity index (χ4n) is 2.65. The number of carbonyl (C=O) groups excluding carboxylic acids is 1. The fraction of sp³-hybridized carbons (Fsp3) is 0.375. The maximum absolute atomic E-state index is 11.8. The molecule has 0 saturated heterocycles. The molecule has 1 aliphatic carbocycles. The lowest BCUT2D eigenvalue weighted by molar-refractivity contribution is 0.0596. The summed E-state index contributed by atoms with van der Waals surface area (Å²) in [5.74, 6) is 0.457. The summed E-state index contributed by atoms with van der Waals surface area (Å²) in [5, 5.41) is 0.895. The first kappa shape index (κ1) is 14.3. The Hall–Kier alpha value is -1.62. The van der Waals surface area contributed by atoms with Crippen LogP contribution in [-0.4, -0.2) is 25.2 Å². The quantitative estimate of drug-likeness (QED) is 0.784. The predicted molar refractivity (Wildman–Crippen MR) is 83.9 cm³/mol. The van der Waals surface area contributed by atoms with Crippen molar-refractivity contribution < 1.29 is 14.3 Å². The molecule has 1 saturated carbocycles. The number of aromatic nitrogens is 1. The number of esters is 1. The first-order chi connectivity index (χ1) is 10.2. The van der Waals surface area contributed by atoms with Crippen molar-refractivity contribution in [3.8, 4) is 5.88 Å². The van der Waals surface area contributed by atoms with Crippen LogP contribution in [0.25, 0.3) is 10.9 Å². The van der Waals surface area contributed by atoms with Gasteiger partial charge in [0.15, 0.2) is 0 Å². The summed E-state index contributed by atoms with van der Waals surface area (Å²) in [5.41, 5.74) is 2.45. The van der Waals surface area contributed by atoms with Crippen LogP contribution in [0.4, 0.5) is 0 Å². The average Bonchev–Trinajstić information content (AvgIpc) is 2.46. The zero-order chi connectivity index (χ0) is 15.0. The zero-order valence-electron chi connectivity index (χ0n) is 12.0. The number of carbonyl (C=O) groups is 1. The van der Waals surface area contributed by atoms with Gasteiger partial charge >= 0.3 is 5.97 Å². The SMILES string of the molecule is COC(=O)c1cc2ccc(C3CCC3)c(Br)c2nc1OC. The molecule has 5 heteroatoms. The van der Waals surface area contributed by atoms with Crippen LogP contribution >= 0.6 is 15.9 Å². The van der Waals surface area contributed by atoms with E-state index in [4.69, 9.17) is 9.47 Å². The van der Waals surface area contributed by atoms with Crippen LogP contribution in [0, 0.1) is 0 Å². The molecule has 1 fully saturated rings. The minimum absolute atomic E-state index is 0.292. The Morgan fingerprint density at radius 2 is 2.10 bits per heavy atom. The third kappa shape index (κ3) is 2.39. The van der Waals surface area contributed by atoms with Crippen molar-refractivity contribution in [3.63, 3.8) is 0 Å². The Kier molecular flexibility index (Phi) is 3.85. The Morgan fingerprint density at radius 3 is 2.67 bits per heavy atom. The molecular weight excluding hydrogens is 334 g/mol. The van der Waals surface area contributed by atoms with Crippen LogP contribution < -0.4 is 4.74 Å². The second-order valence-electron chi connectivity index (χ2n) is 5.21. The van der Waals surface area contributed by atoms with E-state index in [1.165, 1.54) is 39.0 Å². The molecule has 0 N–H and O–H groups in total. The van der Waals surface area contributed by atoms with Gasteiger partial charge in [-0.3, -0.25) is 0 Å². The molecule has 1 aromatic carbocycles. The van der Waals surface area contributed by atoms with Gasteiger partial charge in [0.25, 0.3) is 0 Å². The first-order valence-electron chi connectivity index (χ1n) is 6.91. The summed E-state index contributed by atoms with van der Waals surface area (Å²) >= 11 is 3.66. The molecule has 0 bridgehead atoms. The van der Waals surface area contributed by atoms with Gasteiger partial charge in [-0.2, -0.15) is 0 Å². The standard InChI is InChI=1S/C16H16BrNO3/c1-20-15-12(16(19)21-2)8-10-6-7-11(9-4-3-5-9)13(17)14(10)18-15/h6-9H,3-5H2,1-2H3. The summed E-state index contributed by atoms with van der Waals surface area (Å²) in [6.45, 7) is 0. The average molecular weight is 350 g/mol. The van der Waals surface area contributed by atoms with Gasteiger partial charge in [0, 0.05) is 9.86 Å². The number of hydrogen-bond acceptors (Lipinski definition) is 4. The molecular formula is C16H16BrNO3. The first-order valence-corrected chi connectivity index (χ1v) is 7.70. The van der Waals surface area contributed by atoms with Gasteiger partial charge in [0.05, 0.1) is 19.7 Å². The molecule has 1 aliphatic rings. The normalized spacial score (nSPS) is 14.8. The van der Waals surface area contributed by atoms with Crippen molar-refractivity contribution in [3.05, 3.63) is 33.8 Å². The summed E-state index contributed by atoms with van der Waals surface area (Å²) in [6.07, 6.45) is 3.73. The molecule has 2 aromatic rings. The lowest BCUT2D eigenvalue weighted by atomic mass is 9.80. The van der Waals surface area contributed by atoms with Crippen molar-refractivity contribution in [1.29, 1.82) is 0 Å². The van der Waals surface area contributed by atoms with Crippen LogP contribution in [0.1, 0.15) is 41.1 Å². The minimum Gasteiger partial charge on any atom is -0.480 e. The van der Waals surface area contributed by atoms with E-state index < -0.39 is 5.97 Å². The van der Waals surface area contributed by atoms with E-state index in [9.17, 15) is 4.79 Å². The Bertz CT molecular complexity index is 710. The molecule has 0 aliphatic heterocycles. The summed E-state index contributed by atoms with van der Waals surface area (Å²) < 4.78 is 11.0. The summed E-state index contributed by atoms with van der Waals surface area (Å²) in [4.78, 5) is 16.3. The Balaban J connectivity index is 2.18. The number of fused-ring (bicyclic) bond motifs is 1. The lowest BCUT2D eigenvalue weighted by Gasteiger charge is -2.27. The molecule has 110 valence electrons. The molecule has 21 heavy (non-hydrogen) atoms. The van der Waals surface area contributed by atoms with Crippen LogP contribution in [0.3, 0.4) is 0 Å². The highest BCUT2D eigenvalue weighted by atomic mass is 79.9. The van der Waals surface area contributed by atoms with Crippen LogP contribution in [0.15, 0.2) is 22.7 Å². The van der Waals surface area contributed by atoms with Crippen molar-refractivity contribution in [2.24, 2.45) is 0 Å². The third-order valence-corrected chi connectivity index (χ3v) is 4.90. The monoisotopic (exact) mass is 349 g/mol. The summed E-state index contributed by atoms with van der Waals surface area (Å²) in [6, 6.07) is 5.89. The number of hydrogen-bond donors (Lipinski definition) is 0. The van der Waals surface area contributed by atoms with E-state index in [1.54, 1.807) is 6.07 Å². The molecule has 4 nitrogen and oxygen atoms in total. The number of pyridine rings is 1. The van der Waals surface area contributed by atoms with Gasteiger partial charge in [-0.15, -0.1) is 0 Å². The molecule has 0 spiro atoms.